The lowest BCUT2D eigenvalue weighted by molar-refractivity contribution is 0.122. The molecule has 1 aliphatic heterocycles. The Labute approximate surface area is 152 Å². The number of aryl methyl sites for hydroxylation is 1. The highest BCUT2D eigenvalue weighted by Crippen LogP contribution is 2.21. The molecule has 1 aromatic carbocycles. The maximum Gasteiger partial charge on any atom is 0.191 e. The molecular formula is C18H25N5OS. The minimum absolute atomic E-state index is 0.684. The summed E-state index contributed by atoms with van der Waals surface area (Å²) in [5.74, 6) is 0.782. The average molecular weight is 359 g/mol. The Morgan fingerprint density at radius 2 is 2.00 bits per heavy atom. The molecule has 3 rings (SSSR count). The fourth-order valence-corrected chi connectivity index (χ4v) is 3.54. The lowest BCUT2D eigenvalue weighted by Gasteiger charge is -2.30. The number of rotatable bonds is 5. The van der Waals surface area contributed by atoms with E-state index in [4.69, 9.17) is 4.74 Å². The zero-order valence-electron chi connectivity index (χ0n) is 14.8. The molecule has 1 saturated heterocycles. The molecule has 6 nitrogen and oxygen atoms in total. The maximum atomic E-state index is 5.46. The SMILES string of the molecule is CN=C(NCc1ncc(C)s1)NCc1ccccc1N1CCOCC1. The van der Waals surface area contributed by atoms with Gasteiger partial charge in [0, 0.05) is 43.4 Å². The van der Waals surface area contributed by atoms with Crippen molar-refractivity contribution in [3.8, 4) is 0 Å². The number of thiazole rings is 1. The van der Waals surface area contributed by atoms with E-state index < -0.39 is 0 Å². The molecule has 2 N–H and O–H groups in total. The van der Waals surface area contributed by atoms with Crippen molar-refractivity contribution in [3.63, 3.8) is 0 Å². The standard InChI is InChI=1S/C18H25N5OS/c1-14-11-20-17(25-14)13-22-18(19-2)21-12-15-5-3-4-6-16(15)23-7-9-24-10-8-23/h3-6,11H,7-10,12-13H2,1-2H3,(H2,19,21,22). The van der Waals surface area contributed by atoms with E-state index in [2.05, 4.69) is 56.7 Å². The van der Waals surface area contributed by atoms with Crippen molar-refractivity contribution < 1.29 is 4.74 Å². The summed E-state index contributed by atoms with van der Waals surface area (Å²) in [4.78, 5) is 12.3. The number of benzene rings is 1. The summed E-state index contributed by atoms with van der Waals surface area (Å²) in [6.45, 7) is 6.93. The van der Waals surface area contributed by atoms with Crippen molar-refractivity contribution in [1.82, 2.24) is 15.6 Å². The fourth-order valence-electron chi connectivity index (χ4n) is 2.82. The lowest BCUT2D eigenvalue weighted by atomic mass is 10.1. The van der Waals surface area contributed by atoms with Gasteiger partial charge in [-0.25, -0.2) is 4.98 Å². The van der Waals surface area contributed by atoms with Gasteiger partial charge in [0.15, 0.2) is 5.96 Å². The van der Waals surface area contributed by atoms with Crippen LogP contribution in [0.5, 0.6) is 0 Å². The molecule has 1 aliphatic rings. The van der Waals surface area contributed by atoms with Crippen LogP contribution in [0.4, 0.5) is 5.69 Å². The second-order valence-electron chi connectivity index (χ2n) is 5.87. The Balaban J connectivity index is 1.58. The van der Waals surface area contributed by atoms with Gasteiger partial charge >= 0.3 is 0 Å². The van der Waals surface area contributed by atoms with Gasteiger partial charge in [0.05, 0.1) is 19.8 Å². The zero-order chi connectivity index (χ0) is 17.5. The van der Waals surface area contributed by atoms with Crippen LogP contribution in [0, 0.1) is 6.92 Å². The van der Waals surface area contributed by atoms with E-state index in [0.717, 1.165) is 43.8 Å². The van der Waals surface area contributed by atoms with Crippen molar-refractivity contribution >= 4 is 23.0 Å². The normalized spacial score (nSPS) is 15.3. The van der Waals surface area contributed by atoms with Gasteiger partial charge in [-0.15, -0.1) is 11.3 Å². The number of guanidine groups is 1. The van der Waals surface area contributed by atoms with E-state index in [9.17, 15) is 0 Å². The van der Waals surface area contributed by atoms with Crippen LogP contribution in [0.15, 0.2) is 35.5 Å². The van der Waals surface area contributed by atoms with Gasteiger partial charge in [0.2, 0.25) is 0 Å². The Hall–Kier alpha value is -2.12. The van der Waals surface area contributed by atoms with Crippen molar-refractivity contribution in [2.24, 2.45) is 4.99 Å². The number of aliphatic imine (C=N–C) groups is 1. The van der Waals surface area contributed by atoms with Crippen LogP contribution < -0.4 is 15.5 Å². The summed E-state index contributed by atoms with van der Waals surface area (Å²) >= 11 is 1.70. The number of para-hydroxylation sites is 1. The van der Waals surface area contributed by atoms with Gasteiger partial charge in [-0.05, 0) is 18.6 Å². The number of hydrogen-bond donors (Lipinski definition) is 2. The van der Waals surface area contributed by atoms with Crippen LogP contribution in [0.1, 0.15) is 15.4 Å². The summed E-state index contributed by atoms with van der Waals surface area (Å²) in [5, 5.41) is 7.79. The van der Waals surface area contributed by atoms with Crippen LogP contribution in [0.2, 0.25) is 0 Å². The molecule has 0 radical (unpaired) electrons. The molecule has 7 heteroatoms. The number of hydrogen-bond acceptors (Lipinski definition) is 5. The fraction of sp³-hybridized carbons (Fsp3) is 0.444. The first-order valence-corrected chi connectivity index (χ1v) is 9.34. The largest absolute Gasteiger partial charge is 0.378 e. The number of morpholine rings is 1. The van der Waals surface area contributed by atoms with E-state index in [-0.39, 0.29) is 0 Å². The zero-order valence-corrected chi connectivity index (χ0v) is 15.6. The van der Waals surface area contributed by atoms with Gasteiger partial charge in [-0.3, -0.25) is 4.99 Å². The van der Waals surface area contributed by atoms with E-state index in [1.165, 1.54) is 16.1 Å². The highest BCUT2D eigenvalue weighted by Gasteiger charge is 2.14. The highest BCUT2D eigenvalue weighted by molar-refractivity contribution is 7.11. The minimum Gasteiger partial charge on any atom is -0.378 e. The number of anilines is 1. The number of ether oxygens (including phenoxy) is 1. The third-order valence-corrected chi connectivity index (χ3v) is 5.00. The molecule has 0 amide bonds. The third-order valence-electron chi connectivity index (χ3n) is 4.09. The monoisotopic (exact) mass is 359 g/mol. The van der Waals surface area contributed by atoms with E-state index in [1.807, 2.05) is 6.20 Å². The summed E-state index contributed by atoms with van der Waals surface area (Å²) in [6, 6.07) is 8.51. The molecule has 0 spiro atoms. The van der Waals surface area contributed by atoms with Gasteiger partial charge in [0.1, 0.15) is 5.01 Å². The smallest absolute Gasteiger partial charge is 0.191 e. The summed E-state index contributed by atoms with van der Waals surface area (Å²) in [7, 11) is 1.79. The molecule has 25 heavy (non-hydrogen) atoms. The topological polar surface area (TPSA) is 61.8 Å². The lowest BCUT2D eigenvalue weighted by Crippen LogP contribution is -2.38. The average Bonchev–Trinajstić information content (AvgIpc) is 3.08. The quantitative estimate of drug-likeness (QED) is 0.633. The van der Waals surface area contributed by atoms with Crippen LogP contribution in [-0.2, 0) is 17.8 Å². The van der Waals surface area contributed by atoms with Crippen LogP contribution >= 0.6 is 11.3 Å². The predicted molar refractivity (Wildman–Crippen MR) is 103 cm³/mol. The van der Waals surface area contributed by atoms with Crippen molar-refractivity contribution in [3.05, 3.63) is 45.9 Å². The second-order valence-corrected chi connectivity index (χ2v) is 7.19. The number of aromatic nitrogens is 1. The molecule has 0 bridgehead atoms. The van der Waals surface area contributed by atoms with E-state index in [1.54, 1.807) is 18.4 Å². The second kappa shape index (κ2) is 8.82. The maximum absolute atomic E-state index is 5.46. The first kappa shape index (κ1) is 17.7. The molecule has 134 valence electrons. The molecule has 1 aromatic heterocycles. The van der Waals surface area contributed by atoms with Crippen LogP contribution in [0.3, 0.4) is 0 Å². The van der Waals surface area contributed by atoms with E-state index in [0.29, 0.717) is 6.54 Å². The Bertz CT molecular complexity index is 709. The first-order chi connectivity index (χ1) is 12.3. The molecule has 2 aromatic rings. The van der Waals surface area contributed by atoms with Crippen LogP contribution in [-0.4, -0.2) is 44.3 Å². The molecular weight excluding hydrogens is 334 g/mol. The predicted octanol–water partition coefficient (Wildman–Crippen LogP) is 2.15. The number of nitrogens with zero attached hydrogens (tertiary/aromatic N) is 3. The Morgan fingerprint density at radius 3 is 2.72 bits per heavy atom. The van der Waals surface area contributed by atoms with Gasteiger partial charge in [0.25, 0.3) is 0 Å². The molecule has 1 fully saturated rings. The summed E-state index contributed by atoms with van der Waals surface area (Å²) in [5.41, 5.74) is 2.53. The van der Waals surface area contributed by atoms with Gasteiger partial charge in [-0.1, -0.05) is 18.2 Å². The van der Waals surface area contributed by atoms with Crippen molar-refractivity contribution in [1.29, 1.82) is 0 Å². The highest BCUT2D eigenvalue weighted by atomic mass is 32.1. The first-order valence-electron chi connectivity index (χ1n) is 8.52. The van der Waals surface area contributed by atoms with E-state index >= 15 is 0 Å². The summed E-state index contributed by atoms with van der Waals surface area (Å²) < 4.78 is 5.46. The van der Waals surface area contributed by atoms with Gasteiger partial charge < -0.3 is 20.3 Å². The number of nitrogens with one attached hydrogen (secondary N) is 2. The molecule has 0 unspecified atom stereocenters. The Morgan fingerprint density at radius 1 is 1.24 bits per heavy atom. The molecule has 0 atom stereocenters. The molecule has 2 heterocycles. The van der Waals surface area contributed by atoms with Crippen LogP contribution in [0.25, 0.3) is 0 Å². The molecule has 0 saturated carbocycles. The summed E-state index contributed by atoms with van der Waals surface area (Å²) in [6.07, 6.45) is 1.90. The third kappa shape index (κ3) is 4.93. The minimum atomic E-state index is 0.684. The van der Waals surface area contributed by atoms with Gasteiger partial charge in [-0.2, -0.15) is 0 Å². The van der Waals surface area contributed by atoms with Crippen molar-refractivity contribution in [2.45, 2.75) is 20.0 Å². The molecule has 0 aliphatic carbocycles. The van der Waals surface area contributed by atoms with Crippen molar-refractivity contribution in [2.75, 3.05) is 38.3 Å². The Kier molecular flexibility index (Phi) is 6.25.